The van der Waals surface area contributed by atoms with Gasteiger partial charge < -0.3 is 0 Å². The van der Waals surface area contributed by atoms with Crippen LogP contribution in [0.3, 0.4) is 0 Å². The summed E-state index contributed by atoms with van der Waals surface area (Å²) < 4.78 is 2.58. The summed E-state index contributed by atoms with van der Waals surface area (Å²) in [6, 6.07) is 0. The summed E-state index contributed by atoms with van der Waals surface area (Å²) in [5.41, 5.74) is 6.51. The van der Waals surface area contributed by atoms with E-state index in [2.05, 4.69) is 52.3 Å². The Labute approximate surface area is 91.8 Å². The maximum absolute atomic E-state index is 5.87. The van der Waals surface area contributed by atoms with Crippen molar-refractivity contribution in [3.05, 3.63) is 44.8 Å². The topological polar surface area (TPSA) is 26.0 Å². The number of hydrogen-bond donors (Lipinski definition) is 1. The van der Waals surface area contributed by atoms with Crippen molar-refractivity contribution >= 4 is 0 Å². The van der Waals surface area contributed by atoms with Crippen molar-refractivity contribution in [3.8, 4) is 0 Å². The van der Waals surface area contributed by atoms with Crippen LogP contribution in [0.4, 0.5) is 0 Å². The van der Waals surface area contributed by atoms with Crippen LogP contribution < -0.4 is 5.73 Å². The minimum atomic E-state index is -3.36. The summed E-state index contributed by atoms with van der Waals surface area (Å²) in [6.45, 7) is 8.06. The molecule has 0 spiro atoms. The second-order valence-electron chi connectivity index (χ2n) is 7.45. The van der Waals surface area contributed by atoms with Crippen molar-refractivity contribution in [2.24, 2.45) is 5.73 Å². The van der Waals surface area contributed by atoms with Crippen LogP contribution >= 0.6 is 0 Å². The van der Waals surface area contributed by atoms with Gasteiger partial charge in [-0.15, -0.1) is 0 Å². The molecule has 0 radical (unpaired) electrons. The Morgan fingerprint density at radius 2 is 1.80 bits per heavy atom. The second kappa shape index (κ2) is 2.78. The Morgan fingerprint density at radius 3 is 2.13 bits per heavy atom. The maximum atomic E-state index is 5.87. The molecule has 0 aromatic heterocycles. The van der Waals surface area contributed by atoms with E-state index in [0.717, 1.165) is 10.3 Å². The summed E-state index contributed by atoms with van der Waals surface area (Å²) in [5.74, 6) is 0. The third-order valence-electron chi connectivity index (χ3n) is 3.96. The fraction of sp³-hybridized carbons (Fsp3) is 0.385. The standard InChI is InChI=1S/C5H5.C4H6N.4CH3.Ti/c1-2-4-5-3-1;1-3-4(2)5;;;;;/h1-3H,4H2;1-2,5H2;4*1H3;. The molecule has 0 heterocycles. The summed E-state index contributed by atoms with van der Waals surface area (Å²) in [5, 5.41) is 9.44. The van der Waals surface area contributed by atoms with Crippen molar-refractivity contribution in [2.45, 2.75) is 27.3 Å². The van der Waals surface area contributed by atoms with Crippen molar-refractivity contribution in [2.75, 3.05) is 0 Å². The van der Waals surface area contributed by atoms with E-state index in [4.69, 9.17) is 5.73 Å². The molecule has 0 amide bonds. The molecular formula is C13H23NTi. The fourth-order valence-electron chi connectivity index (χ4n) is 2.20. The Hall–Kier alpha value is -0.526. The van der Waals surface area contributed by atoms with Crippen LogP contribution in [0.15, 0.2) is 44.8 Å². The molecule has 15 heavy (non-hydrogen) atoms. The molecule has 2 heteroatoms. The second-order valence-corrected chi connectivity index (χ2v) is 25.4. The first kappa shape index (κ1) is 12.5. The normalized spacial score (nSPS) is 20.4. The van der Waals surface area contributed by atoms with E-state index in [1.165, 1.54) is 3.88 Å². The zero-order valence-electron chi connectivity index (χ0n) is 10.4. The van der Waals surface area contributed by atoms with Gasteiger partial charge in [-0.1, -0.05) is 0 Å². The van der Waals surface area contributed by atoms with Gasteiger partial charge in [0.05, 0.1) is 0 Å². The Balaban J connectivity index is 3.38. The van der Waals surface area contributed by atoms with Gasteiger partial charge in [0, 0.05) is 0 Å². The molecule has 1 aliphatic rings. The Morgan fingerprint density at radius 1 is 1.27 bits per heavy atom. The summed E-state index contributed by atoms with van der Waals surface area (Å²) in [7, 11) is 0. The van der Waals surface area contributed by atoms with Crippen molar-refractivity contribution < 1.29 is 14.0 Å². The monoisotopic (exact) mass is 241 g/mol. The third-order valence-corrected chi connectivity index (χ3v) is 13.8. The van der Waals surface area contributed by atoms with E-state index in [1.54, 1.807) is 0 Å². The van der Waals surface area contributed by atoms with Crippen LogP contribution in [0, 0.1) is 0 Å². The fourth-order valence-corrected chi connectivity index (χ4v) is 8.00. The van der Waals surface area contributed by atoms with E-state index in [-0.39, 0.29) is 0 Å². The quantitative estimate of drug-likeness (QED) is 0.580. The number of nitrogens with two attached hydrogens (primary N) is 1. The van der Waals surface area contributed by atoms with E-state index in [1.807, 2.05) is 0 Å². The molecule has 0 aromatic rings. The van der Waals surface area contributed by atoms with Gasteiger partial charge in [-0.3, -0.25) is 0 Å². The summed E-state index contributed by atoms with van der Waals surface area (Å²) in [6.07, 6.45) is 7.60. The van der Waals surface area contributed by atoms with E-state index in [9.17, 15) is 0 Å². The average molecular weight is 241 g/mol. The Bertz CT molecular complexity index is 392. The van der Waals surface area contributed by atoms with Crippen LogP contribution in [-0.2, 0) is 14.0 Å². The van der Waals surface area contributed by atoms with Crippen molar-refractivity contribution in [1.29, 1.82) is 0 Å². The number of allylic oxidation sites excluding steroid dienone is 5. The molecule has 0 saturated heterocycles. The van der Waals surface area contributed by atoms with Crippen LogP contribution in [-0.4, -0.2) is 0 Å². The molecule has 0 saturated carbocycles. The first-order chi connectivity index (χ1) is 6.49. The molecule has 1 nitrogen and oxygen atoms in total. The van der Waals surface area contributed by atoms with E-state index < -0.39 is 14.0 Å². The zero-order valence-corrected chi connectivity index (χ0v) is 12.0. The van der Waals surface area contributed by atoms with Crippen molar-refractivity contribution in [1.82, 2.24) is 0 Å². The van der Waals surface area contributed by atoms with Crippen LogP contribution in [0.5, 0.6) is 0 Å². The molecule has 0 fully saturated rings. The SMILES string of the molecule is C=C(N)[C](=C)[Ti]([CH3])([CH3])([CH3])([CH3])[C]1=CC=CC1. The first-order valence-corrected chi connectivity index (χ1v) is 13.3. The predicted octanol–water partition coefficient (Wildman–Crippen LogP) is 4.23. The average Bonchev–Trinajstić information content (AvgIpc) is 2.53. The predicted molar refractivity (Wildman–Crippen MR) is 67.8 cm³/mol. The van der Waals surface area contributed by atoms with Crippen LogP contribution in [0.1, 0.15) is 6.42 Å². The van der Waals surface area contributed by atoms with Gasteiger partial charge in [-0.25, -0.2) is 0 Å². The van der Waals surface area contributed by atoms with Crippen LogP contribution in [0.25, 0.3) is 0 Å². The molecule has 0 bridgehead atoms. The molecular weight excluding hydrogens is 218 g/mol. The molecule has 1 rings (SSSR count). The minimum absolute atomic E-state index is 0.641. The van der Waals surface area contributed by atoms with Gasteiger partial charge in [0.15, 0.2) is 0 Å². The van der Waals surface area contributed by atoms with Gasteiger partial charge in [0.1, 0.15) is 0 Å². The van der Waals surface area contributed by atoms with Crippen LogP contribution in [0.2, 0.25) is 20.9 Å². The summed E-state index contributed by atoms with van der Waals surface area (Å²) in [4.78, 5) is 0. The van der Waals surface area contributed by atoms with E-state index in [0.29, 0.717) is 5.70 Å². The molecule has 0 unspecified atom stereocenters. The molecule has 1 aliphatic carbocycles. The molecule has 0 aromatic carbocycles. The van der Waals surface area contributed by atoms with Gasteiger partial charge in [-0.2, -0.15) is 0 Å². The molecule has 0 aliphatic heterocycles. The number of rotatable bonds is 3. The Kier molecular flexibility index (Phi) is 2.32. The molecule has 84 valence electrons. The van der Waals surface area contributed by atoms with Gasteiger partial charge >= 0.3 is 91.9 Å². The molecule has 2 N–H and O–H groups in total. The molecule has 0 atom stereocenters. The van der Waals surface area contributed by atoms with E-state index >= 15 is 0 Å². The van der Waals surface area contributed by atoms with Gasteiger partial charge in [0.2, 0.25) is 0 Å². The number of hydrogen-bond acceptors (Lipinski definition) is 1. The van der Waals surface area contributed by atoms with Gasteiger partial charge in [-0.05, 0) is 0 Å². The summed E-state index contributed by atoms with van der Waals surface area (Å²) >= 11 is -3.36. The zero-order chi connectivity index (χ0) is 12.0. The van der Waals surface area contributed by atoms with Crippen molar-refractivity contribution in [3.63, 3.8) is 0 Å². The van der Waals surface area contributed by atoms with Gasteiger partial charge in [0.25, 0.3) is 0 Å². The first-order valence-electron chi connectivity index (χ1n) is 5.46. The third kappa shape index (κ3) is 1.91.